The van der Waals surface area contributed by atoms with Crippen molar-refractivity contribution in [2.45, 2.75) is 63.5 Å². The first-order chi connectivity index (χ1) is 12.6. The van der Waals surface area contributed by atoms with Crippen LogP contribution in [0, 0.1) is 12.8 Å². The number of carbonyl (C=O) groups excluding carboxylic acids is 1. The first-order valence-corrected chi connectivity index (χ1v) is 9.87. The van der Waals surface area contributed by atoms with Crippen molar-refractivity contribution in [1.82, 2.24) is 10.2 Å². The Labute approximate surface area is 153 Å². The second kappa shape index (κ2) is 7.16. The van der Waals surface area contributed by atoms with Gasteiger partial charge in [-0.25, -0.2) is 4.79 Å². The highest BCUT2D eigenvalue weighted by atomic mass is 16.4. The standard InChI is InChI=1S/C20H28N2O4/c1-12-7-17(14-3-2-6-21-10-14)26-20(25)18(12)19(24)22-15-4-5-16(22)9-13(8-15)11-23/h7,13-16,21,23H,2-6,8-11H2,1H3/t13?,14?,15-,16+. The van der Waals surface area contributed by atoms with Crippen LogP contribution in [0.4, 0.5) is 0 Å². The monoisotopic (exact) mass is 360 g/mol. The molecule has 2 unspecified atom stereocenters. The Morgan fingerprint density at radius 3 is 2.62 bits per heavy atom. The van der Waals surface area contributed by atoms with E-state index in [1.807, 2.05) is 17.9 Å². The molecule has 6 heteroatoms. The number of hydrogen-bond acceptors (Lipinski definition) is 5. The van der Waals surface area contributed by atoms with Gasteiger partial charge in [-0.2, -0.15) is 0 Å². The SMILES string of the molecule is Cc1cc(C2CCCNC2)oc(=O)c1C(=O)N1[C@@H]2CC[C@H]1CC(CO)C2. The molecule has 0 spiro atoms. The van der Waals surface area contributed by atoms with Crippen LogP contribution in [0.25, 0.3) is 0 Å². The molecule has 26 heavy (non-hydrogen) atoms. The zero-order valence-corrected chi connectivity index (χ0v) is 15.4. The first-order valence-electron chi connectivity index (χ1n) is 9.87. The Morgan fingerprint density at radius 1 is 1.31 bits per heavy atom. The van der Waals surface area contributed by atoms with Crippen molar-refractivity contribution in [2.24, 2.45) is 5.92 Å². The number of piperidine rings is 2. The molecule has 0 saturated carbocycles. The van der Waals surface area contributed by atoms with Crippen LogP contribution in [-0.4, -0.2) is 47.7 Å². The van der Waals surface area contributed by atoms with Crippen molar-refractivity contribution >= 4 is 5.91 Å². The summed E-state index contributed by atoms with van der Waals surface area (Å²) < 4.78 is 5.59. The Balaban J connectivity index is 1.60. The quantitative estimate of drug-likeness (QED) is 0.859. The van der Waals surface area contributed by atoms with Gasteiger partial charge in [-0.05, 0) is 69.5 Å². The number of carbonyl (C=O) groups is 1. The number of aliphatic hydroxyl groups excluding tert-OH is 1. The molecule has 142 valence electrons. The molecular formula is C20H28N2O4. The molecule has 3 aliphatic rings. The van der Waals surface area contributed by atoms with Gasteiger partial charge in [-0.3, -0.25) is 4.79 Å². The van der Waals surface area contributed by atoms with E-state index in [0.717, 1.165) is 57.2 Å². The number of rotatable bonds is 3. The van der Waals surface area contributed by atoms with Crippen molar-refractivity contribution < 1.29 is 14.3 Å². The lowest BCUT2D eigenvalue weighted by Crippen LogP contribution is -2.48. The van der Waals surface area contributed by atoms with Gasteiger partial charge in [0.25, 0.3) is 5.91 Å². The first kappa shape index (κ1) is 17.7. The van der Waals surface area contributed by atoms with Crippen LogP contribution < -0.4 is 10.9 Å². The lowest BCUT2D eigenvalue weighted by Gasteiger charge is -2.38. The molecule has 4 rings (SSSR count). The van der Waals surface area contributed by atoms with Crippen molar-refractivity contribution in [3.8, 4) is 0 Å². The minimum Gasteiger partial charge on any atom is -0.427 e. The molecular weight excluding hydrogens is 332 g/mol. The summed E-state index contributed by atoms with van der Waals surface area (Å²) in [5.41, 5.74) is 0.409. The summed E-state index contributed by atoms with van der Waals surface area (Å²) in [6, 6.07) is 2.16. The van der Waals surface area contributed by atoms with Gasteiger partial charge in [0.05, 0.1) is 0 Å². The summed E-state index contributed by atoms with van der Waals surface area (Å²) in [4.78, 5) is 27.7. The fourth-order valence-electron chi connectivity index (χ4n) is 5.09. The van der Waals surface area contributed by atoms with Gasteiger partial charge in [0.15, 0.2) is 0 Å². The molecule has 2 bridgehead atoms. The highest BCUT2D eigenvalue weighted by Gasteiger charge is 2.44. The minimum absolute atomic E-state index is 0.138. The second-order valence-corrected chi connectivity index (χ2v) is 8.15. The predicted molar refractivity (Wildman–Crippen MR) is 97.3 cm³/mol. The van der Waals surface area contributed by atoms with Crippen molar-refractivity contribution in [3.63, 3.8) is 0 Å². The van der Waals surface area contributed by atoms with Gasteiger partial charge in [-0.15, -0.1) is 0 Å². The van der Waals surface area contributed by atoms with Gasteiger partial charge in [0.1, 0.15) is 11.3 Å². The largest absolute Gasteiger partial charge is 0.427 e. The zero-order chi connectivity index (χ0) is 18.3. The van der Waals surface area contributed by atoms with Gasteiger partial charge >= 0.3 is 5.63 Å². The molecule has 2 N–H and O–H groups in total. The van der Waals surface area contributed by atoms with E-state index in [4.69, 9.17) is 4.42 Å². The molecule has 4 atom stereocenters. The number of nitrogens with one attached hydrogen (secondary N) is 1. The van der Waals surface area contributed by atoms with E-state index >= 15 is 0 Å². The lowest BCUT2D eigenvalue weighted by atomic mass is 9.90. The van der Waals surface area contributed by atoms with Crippen LogP contribution in [0.2, 0.25) is 0 Å². The maximum Gasteiger partial charge on any atom is 0.349 e. The number of amides is 1. The summed E-state index contributed by atoms with van der Waals surface area (Å²) in [5.74, 6) is 0.984. The van der Waals surface area contributed by atoms with Crippen molar-refractivity contribution in [1.29, 1.82) is 0 Å². The number of nitrogens with zero attached hydrogens (tertiary/aromatic N) is 1. The maximum absolute atomic E-state index is 13.2. The van der Waals surface area contributed by atoms with Crippen LogP contribution in [-0.2, 0) is 0 Å². The van der Waals surface area contributed by atoms with Crippen molar-refractivity contribution in [3.05, 3.63) is 33.4 Å². The van der Waals surface area contributed by atoms with E-state index in [0.29, 0.717) is 5.76 Å². The van der Waals surface area contributed by atoms with E-state index in [1.54, 1.807) is 0 Å². The zero-order valence-electron chi connectivity index (χ0n) is 15.4. The van der Waals surface area contributed by atoms with Gasteiger partial charge in [-0.1, -0.05) is 0 Å². The van der Waals surface area contributed by atoms with Crippen LogP contribution >= 0.6 is 0 Å². The molecule has 6 nitrogen and oxygen atoms in total. The lowest BCUT2D eigenvalue weighted by molar-refractivity contribution is 0.0448. The molecule has 4 heterocycles. The van der Waals surface area contributed by atoms with Gasteiger partial charge < -0.3 is 19.7 Å². The van der Waals surface area contributed by atoms with E-state index in [2.05, 4.69) is 5.32 Å². The summed E-state index contributed by atoms with van der Waals surface area (Å²) in [6.45, 7) is 3.84. The van der Waals surface area contributed by atoms with Gasteiger partial charge in [0.2, 0.25) is 0 Å². The highest BCUT2D eigenvalue weighted by molar-refractivity contribution is 5.95. The Kier molecular flexibility index (Phi) is 4.88. The Hall–Kier alpha value is -1.66. The summed E-state index contributed by atoms with van der Waals surface area (Å²) in [6.07, 6.45) is 5.65. The second-order valence-electron chi connectivity index (χ2n) is 8.15. The van der Waals surface area contributed by atoms with Gasteiger partial charge in [0, 0.05) is 31.2 Å². The van der Waals surface area contributed by atoms with E-state index in [9.17, 15) is 14.7 Å². The molecule has 3 saturated heterocycles. The Morgan fingerprint density at radius 2 is 2.04 bits per heavy atom. The van der Waals surface area contributed by atoms with Crippen LogP contribution in [0.3, 0.4) is 0 Å². The third-order valence-electron chi connectivity index (χ3n) is 6.40. The van der Waals surface area contributed by atoms with Crippen LogP contribution in [0.5, 0.6) is 0 Å². The summed E-state index contributed by atoms with van der Waals surface area (Å²) >= 11 is 0. The van der Waals surface area contributed by atoms with Crippen molar-refractivity contribution in [2.75, 3.05) is 19.7 Å². The number of hydrogen-bond donors (Lipinski definition) is 2. The fraction of sp³-hybridized carbons (Fsp3) is 0.700. The summed E-state index contributed by atoms with van der Waals surface area (Å²) in [5, 5.41) is 12.8. The normalized spacial score (nSPS) is 31.2. The molecule has 0 radical (unpaired) electrons. The van der Waals surface area contributed by atoms with Crippen LogP contribution in [0.15, 0.2) is 15.3 Å². The third kappa shape index (κ3) is 3.09. The molecule has 1 aromatic rings. The maximum atomic E-state index is 13.2. The van der Waals surface area contributed by atoms with E-state index in [-0.39, 0.29) is 42.0 Å². The number of aliphatic hydroxyl groups is 1. The Bertz CT molecular complexity index is 724. The topological polar surface area (TPSA) is 82.8 Å². The smallest absolute Gasteiger partial charge is 0.349 e. The van der Waals surface area contributed by atoms with E-state index < -0.39 is 5.63 Å². The van der Waals surface area contributed by atoms with Crippen LogP contribution in [0.1, 0.15) is 66.1 Å². The average molecular weight is 360 g/mol. The molecule has 3 fully saturated rings. The molecule has 0 aromatic carbocycles. The molecule has 1 aromatic heterocycles. The minimum atomic E-state index is -0.501. The predicted octanol–water partition coefficient (Wildman–Crippen LogP) is 1.79. The average Bonchev–Trinajstić information content (AvgIpc) is 2.91. The molecule has 3 aliphatic heterocycles. The highest BCUT2D eigenvalue weighted by Crippen LogP contribution is 2.39. The third-order valence-corrected chi connectivity index (χ3v) is 6.40. The molecule has 0 aliphatic carbocycles. The number of aryl methyl sites for hydroxylation is 1. The summed E-state index contributed by atoms with van der Waals surface area (Å²) in [7, 11) is 0. The fourth-order valence-corrected chi connectivity index (χ4v) is 5.09. The number of fused-ring (bicyclic) bond motifs is 2. The molecule has 1 amide bonds. The van der Waals surface area contributed by atoms with E-state index in [1.165, 1.54) is 0 Å².